The molecule has 0 aromatic heterocycles. The molecule has 0 aliphatic heterocycles. The van der Waals surface area contributed by atoms with Gasteiger partial charge in [0.2, 0.25) is 5.91 Å². The van der Waals surface area contributed by atoms with Gasteiger partial charge in [0.25, 0.3) is 0 Å². The summed E-state index contributed by atoms with van der Waals surface area (Å²) in [5.74, 6) is -0.498. The predicted octanol–water partition coefficient (Wildman–Crippen LogP) is 14.8. The van der Waals surface area contributed by atoms with Crippen molar-refractivity contribution in [3.05, 3.63) is 0 Å². The van der Waals surface area contributed by atoms with Crippen LogP contribution in [0.3, 0.4) is 0 Å². The van der Waals surface area contributed by atoms with Crippen LogP contribution in [-0.2, 0) is 27.9 Å². The van der Waals surface area contributed by atoms with Crippen molar-refractivity contribution in [2.75, 3.05) is 26.4 Å². The van der Waals surface area contributed by atoms with Crippen molar-refractivity contribution in [3.63, 3.8) is 0 Å². The molecule has 0 aliphatic rings. The molecule has 9 nitrogen and oxygen atoms in total. The van der Waals surface area contributed by atoms with Crippen LogP contribution < -0.4 is 5.32 Å². The van der Waals surface area contributed by atoms with E-state index in [0.717, 1.165) is 38.5 Å². The standard InChI is InChI=1S/C49H98NO8P/c1-3-5-7-9-11-13-15-17-19-21-23-25-27-29-31-33-35-37-39-41-48(52)50-43-44-57-59(54,55)58-46-47(51)45-56-49(53)42-40-38-36-34-32-30-28-26-24-22-20-18-16-14-12-10-8-6-4-2/h47,51H,3-46H2,1-2H3,(H,50,52)(H,54,55). The Kier molecular flexibility index (Phi) is 45.7. The Labute approximate surface area is 365 Å². The molecule has 0 aliphatic carbocycles. The van der Waals surface area contributed by atoms with Gasteiger partial charge in [0, 0.05) is 19.4 Å². The van der Waals surface area contributed by atoms with Crippen molar-refractivity contribution in [2.24, 2.45) is 0 Å². The number of aliphatic hydroxyl groups is 1. The molecule has 0 saturated heterocycles. The number of rotatable bonds is 49. The number of carbonyl (C=O) groups is 2. The molecule has 0 heterocycles. The van der Waals surface area contributed by atoms with Gasteiger partial charge in [0.05, 0.1) is 13.2 Å². The maximum absolute atomic E-state index is 12.1. The molecule has 0 saturated carbocycles. The molecule has 0 spiro atoms. The van der Waals surface area contributed by atoms with Gasteiger partial charge >= 0.3 is 13.8 Å². The summed E-state index contributed by atoms with van der Waals surface area (Å²) in [6.45, 7) is 3.63. The molecule has 3 N–H and O–H groups in total. The van der Waals surface area contributed by atoms with E-state index in [0.29, 0.717) is 12.8 Å². The average Bonchev–Trinajstić information content (AvgIpc) is 3.22. The molecule has 2 atom stereocenters. The topological polar surface area (TPSA) is 131 Å². The summed E-state index contributed by atoms with van der Waals surface area (Å²) in [5.41, 5.74) is 0. The van der Waals surface area contributed by atoms with Gasteiger partial charge < -0.3 is 20.1 Å². The first-order chi connectivity index (χ1) is 28.8. The van der Waals surface area contributed by atoms with E-state index in [1.165, 1.54) is 205 Å². The van der Waals surface area contributed by atoms with Crippen LogP contribution in [0.1, 0.15) is 271 Å². The highest BCUT2D eigenvalue weighted by Crippen LogP contribution is 2.42. The first-order valence-electron chi connectivity index (χ1n) is 25.5. The maximum atomic E-state index is 12.1. The minimum absolute atomic E-state index is 0.0888. The minimum atomic E-state index is -4.41. The number of nitrogens with one attached hydrogen (secondary N) is 1. The van der Waals surface area contributed by atoms with Gasteiger partial charge in [0.1, 0.15) is 12.7 Å². The van der Waals surface area contributed by atoms with Gasteiger partial charge in [-0.15, -0.1) is 0 Å². The lowest BCUT2D eigenvalue weighted by Gasteiger charge is -2.15. The van der Waals surface area contributed by atoms with Gasteiger partial charge in [-0.1, -0.05) is 245 Å². The summed E-state index contributed by atoms with van der Waals surface area (Å²) in [5, 5.41) is 12.8. The Hall–Kier alpha value is -0.990. The van der Waals surface area contributed by atoms with Crippen LogP contribution >= 0.6 is 7.82 Å². The molecule has 2 unspecified atom stereocenters. The van der Waals surface area contributed by atoms with Crippen LogP contribution in [0.4, 0.5) is 0 Å². The Morgan fingerprint density at radius 1 is 0.458 bits per heavy atom. The third kappa shape index (κ3) is 47.9. The monoisotopic (exact) mass is 860 g/mol. The predicted molar refractivity (Wildman–Crippen MR) is 248 cm³/mol. The van der Waals surface area contributed by atoms with Crippen LogP contribution in [0.25, 0.3) is 0 Å². The summed E-state index contributed by atoms with van der Waals surface area (Å²) in [7, 11) is -4.41. The first-order valence-corrected chi connectivity index (χ1v) is 27.0. The van der Waals surface area contributed by atoms with Gasteiger partial charge in [-0.25, -0.2) is 4.57 Å². The highest BCUT2D eigenvalue weighted by molar-refractivity contribution is 7.47. The van der Waals surface area contributed by atoms with Crippen molar-refractivity contribution >= 4 is 19.7 Å². The molecule has 0 rings (SSSR count). The van der Waals surface area contributed by atoms with Crippen molar-refractivity contribution < 1.29 is 37.9 Å². The second-order valence-corrected chi connectivity index (χ2v) is 19.0. The van der Waals surface area contributed by atoms with Gasteiger partial charge in [0.15, 0.2) is 0 Å². The lowest BCUT2D eigenvalue weighted by Crippen LogP contribution is -2.27. The Morgan fingerprint density at radius 2 is 0.763 bits per heavy atom. The fourth-order valence-electron chi connectivity index (χ4n) is 7.68. The summed E-state index contributed by atoms with van der Waals surface area (Å²) < 4.78 is 27.0. The number of carbonyl (C=O) groups excluding carboxylic acids is 2. The number of phosphoric ester groups is 1. The normalized spacial score (nSPS) is 13.1. The van der Waals surface area contributed by atoms with E-state index in [1.807, 2.05) is 0 Å². The summed E-state index contributed by atoms with van der Waals surface area (Å²) >= 11 is 0. The second kappa shape index (κ2) is 46.5. The zero-order chi connectivity index (χ0) is 43.2. The lowest BCUT2D eigenvalue weighted by atomic mass is 10.0. The number of ether oxygens (including phenoxy) is 1. The lowest BCUT2D eigenvalue weighted by molar-refractivity contribution is -0.147. The number of esters is 1. The number of hydrogen-bond acceptors (Lipinski definition) is 7. The third-order valence-corrected chi connectivity index (χ3v) is 12.5. The van der Waals surface area contributed by atoms with E-state index < -0.39 is 26.5 Å². The third-order valence-electron chi connectivity index (χ3n) is 11.5. The molecule has 59 heavy (non-hydrogen) atoms. The zero-order valence-electron chi connectivity index (χ0n) is 39.0. The van der Waals surface area contributed by atoms with Gasteiger partial charge in [-0.05, 0) is 12.8 Å². The van der Waals surface area contributed by atoms with Crippen molar-refractivity contribution in [3.8, 4) is 0 Å². The van der Waals surface area contributed by atoms with Crippen LogP contribution in [0, 0.1) is 0 Å². The van der Waals surface area contributed by atoms with Crippen molar-refractivity contribution in [2.45, 2.75) is 277 Å². The quantitative estimate of drug-likeness (QED) is 0.0313. The maximum Gasteiger partial charge on any atom is 0.472 e. The fraction of sp³-hybridized carbons (Fsp3) is 0.959. The average molecular weight is 860 g/mol. The first kappa shape index (κ1) is 58.0. The Balaban J connectivity index is 3.50. The van der Waals surface area contributed by atoms with E-state index in [9.17, 15) is 24.2 Å². The number of unbranched alkanes of at least 4 members (excludes halogenated alkanes) is 36. The Morgan fingerprint density at radius 3 is 1.10 bits per heavy atom. The fourth-order valence-corrected chi connectivity index (χ4v) is 8.44. The van der Waals surface area contributed by atoms with E-state index in [-0.39, 0.29) is 25.7 Å². The van der Waals surface area contributed by atoms with E-state index in [4.69, 9.17) is 13.8 Å². The summed E-state index contributed by atoms with van der Waals surface area (Å²) in [4.78, 5) is 34.0. The number of hydrogen-bond donors (Lipinski definition) is 3. The number of aliphatic hydroxyl groups excluding tert-OH is 1. The largest absolute Gasteiger partial charge is 0.472 e. The molecular formula is C49H98NO8P. The number of phosphoric acid groups is 1. The van der Waals surface area contributed by atoms with Crippen LogP contribution in [0.5, 0.6) is 0 Å². The molecule has 0 fully saturated rings. The van der Waals surface area contributed by atoms with E-state index in [1.54, 1.807) is 0 Å². The molecular weight excluding hydrogens is 762 g/mol. The van der Waals surface area contributed by atoms with Crippen LogP contribution in [0.2, 0.25) is 0 Å². The van der Waals surface area contributed by atoms with Crippen LogP contribution in [-0.4, -0.2) is 54.3 Å². The smallest absolute Gasteiger partial charge is 0.463 e. The Bertz CT molecular complexity index is 938. The van der Waals surface area contributed by atoms with Crippen LogP contribution in [0.15, 0.2) is 0 Å². The number of amides is 1. The molecule has 10 heteroatoms. The second-order valence-electron chi connectivity index (χ2n) is 17.5. The minimum Gasteiger partial charge on any atom is -0.463 e. The summed E-state index contributed by atoms with van der Waals surface area (Å²) in [6.07, 6.45) is 49.0. The van der Waals surface area contributed by atoms with E-state index in [2.05, 4.69) is 19.2 Å². The summed E-state index contributed by atoms with van der Waals surface area (Å²) in [6, 6.07) is 0. The van der Waals surface area contributed by atoms with Gasteiger partial charge in [-0.3, -0.25) is 18.6 Å². The van der Waals surface area contributed by atoms with Gasteiger partial charge in [-0.2, -0.15) is 0 Å². The molecule has 352 valence electrons. The highest BCUT2D eigenvalue weighted by Gasteiger charge is 2.23. The molecule has 0 aromatic rings. The molecule has 0 radical (unpaired) electrons. The van der Waals surface area contributed by atoms with E-state index >= 15 is 0 Å². The molecule has 0 aromatic carbocycles. The SMILES string of the molecule is CCCCCCCCCCCCCCCCCCCCCC(=O)NCCOP(=O)(O)OCC(O)COC(=O)CCCCCCCCCCCCCCCCCCCCC. The van der Waals surface area contributed by atoms with Crippen molar-refractivity contribution in [1.82, 2.24) is 5.32 Å². The zero-order valence-corrected chi connectivity index (χ0v) is 39.9. The van der Waals surface area contributed by atoms with Crippen molar-refractivity contribution in [1.29, 1.82) is 0 Å². The molecule has 1 amide bonds. The molecule has 0 bridgehead atoms. The highest BCUT2D eigenvalue weighted by atomic mass is 31.2.